The third-order valence-corrected chi connectivity index (χ3v) is 3.24. The van der Waals surface area contributed by atoms with Crippen LogP contribution < -0.4 is 10.1 Å². The summed E-state index contributed by atoms with van der Waals surface area (Å²) in [7, 11) is 1.57. The van der Waals surface area contributed by atoms with Crippen LogP contribution in [-0.4, -0.2) is 36.2 Å². The fourth-order valence-corrected chi connectivity index (χ4v) is 2.12. The first kappa shape index (κ1) is 19.8. The number of amides is 2. The Kier molecular flexibility index (Phi) is 6.62. The molecule has 0 spiro atoms. The number of nitrogens with one attached hydrogen (secondary N) is 1. The molecule has 0 unspecified atom stereocenters. The van der Waals surface area contributed by atoms with Crippen LogP contribution in [0.25, 0.3) is 0 Å². The highest BCUT2D eigenvalue weighted by atomic mass is 19.4. The van der Waals surface area contributed by atoms with Crippen LogP contribution in [0.4, 0.5) is 13.2 Å². The molecule has 1 N–H and O–H groups in total. The molecule has 0 heterocycles. The van der Waals surface area contributed by atoms with E-state index in [1.54, 1.807) is 7.05 Å². The van der Waals surface area contributed by atoms with Crippen LogP contribution in [0.1, 0.15) is 26.3 Å². The molecule has 24 heavy (non-hydrogen) atoms. The highest BCUT2D eigenvalue weighted by Crippen LogP contribution is 2.23. The van der Waals surface area contributed by atoms with Crippen molar-refractivity contribution in [3.05, 3.63) is 29.8 Å². The smallest absolute Gasteiger partial charge is 0.406 e. The number of hydrogen-bond donors (Lipinski definition) is 1. The minimum atomic E-state index is -4.74. The van der Waals surface area contributed by atoms with E-state index in [2.05, 4.69) is 10.1 Å². The van der Waals surface area contributed by atoms with Gasteiger partial charge in [0, 0.05) is 20.5 Å². The van der Waals surface area contributed by atoms with E-state index in [-0.39, 0.29) is 30.0 Å². The van der Waals surface area contributed by atoms with E-state index in [0.29, 0.717) is 5.56 Å². The summed E-state index contributed by atoms with van der Waals surface area (Å²) in [5.74, 6) is -0.982. The van der Waals surface area contributed by atoms with E-state index in [0.717, 1.165) is 0 Å². The van der Waals surface area contributed by atoms with Crippen molar-refractivity contribution in [1.82, 2.24) is 10.2 Å². The molecule has 8 heteroatoms. The van der Waals surface area contributed by atoms with Gasteiger partial charge in [0.05, 0.1) is 0 Å². The maximum atomic E-state index is 12.4. The highest BCUT2D eigenvalue weighted by molar-refractivity contribution is 5.86. The van der Waals surface area contributed by atoms with Crippen molar-refractivity contribution in [2.75, 3.05) is 7.05 Å². The summed E-state index contributed by atoms with van der Waals surface area (Å²) >= 11 is 0. The molecular formula is C16H21F3N2O3. The SMILES string of the molecule is CC(=O)N[C@H](C(=O)N(C)Cc1ccc(OC(F)(F)F)cc1)C(C)C. The van der Waals surface area contributed by atoms with Crippen LogP contribution in [0.5, 0.6) is 5.75 Å². The Morgan fingerprint density at radius 2 is 1.75 bits per heavy atom. The highest BCUT2D eigenvalue weighted by Gasteiger charge is 2.31. The number of carbonyl (C=O) groups is 2. The molecule has 1 aromatic rings. The van der Waals surface area contributed by atoms with Crippen molar-refractivity contribution in [2.24, 2.45) is 5.92 Å². The second-order valence-electron chi connectivity index (χ2n) is 5.81. The van der Waals surface area contributed by atoms with Crippen molar-refractivity contribution < 1.29 is 27.5 Å². The summed E-state index contributed by atoms with van der Waals surface area (Å²) in [6, 6.07) is 4.63. The molecule has 0 bridgehead atoms. The summed E-state index contributed by atoms with van der Waals surface area (Å²) in [6.45, 7) is 5.17. The zero-order valence-electron chi connectivity index (χ0n) is 14.0. The van der Waals surface area contributed by atoms with Gasteiger partial charge in [-0.3, -0.25) is 9.59 Å². The van der Waals surface area contributed by atoms with Gasteiger partial charge in [-0.25, -0.2) is 0 Å². The molecular weight excluding hydrogens is 325 g/mol. The minimum Gasteiger partial charge on any atom is -0.406 e. The molecule has 1 atom stereocenters. The lowest BCUT2D eigenvalue weighted by Crippen LogP contribution is -2.49. The van der Waals surface area contributed by atoms with Gasteiger partial charge in [-0.1, -0.05) is 26.0 Å². The molecule has 0 saturated heterocycles. The lowest BCUT2D eigenvalue weighted by Gasteiger charge is -2.26. The van der Waals surface area contributed by atoms with Crippen molar-refractivity contribution >= 4 is 11.8 Å². The van der Waals surface area contributed by atoms with Gasteiger partial charge in [0.1, 0.15) is 11.8 Å². The number of alkyl halides is 3. The minimum absolute atomic E-state index is 0.0913. The average Bonchev–Trinajstić information content (AvgIpc) is 2.44. The number of nitrogens with zero attached hydrogens (tertiary/aromatic N) is 1. The van der Waals surface area contributed by atoms with E-state index in [9.17, 15) is 22.8 Å². The lowest BCUT2D eigenvalue weighted by molar-refractivity contribution is -0.274. The van der Waals surface area contributed by atoms with E-state index >= 15 is 0 Å². The third kappa shape index (κ3) is 6.47. The quantitative estimate of drug-likeness (QED) is 0.862. The molecule has 0 fully saturated rings. The van der Waals surface area contributed by atoms with Crippen LogP contribution in [-0.2, 0) is 16.1 Å². The molecule has 0 radical (unpaired) electrons. The first-order chi connectivity index (χ1) is 11.0. The molecule has 0 aliphatic rings. The molecule has 0 aliphatic heterocycles. The summed E-state index contributed by atoms with van der Waals surface area (Å²) in [5, 5.41) is 2.61. The van der Waals surface area contributed by atoms with E-state index < -0.39 is 12.4 Å². The van der Waals surface area contributed by atoms with E-state index in [4.69, 9.17) is 0 Å². The maximum Gasteiger partial charge on any atom is 0.573 e. The summed E-state index contributed by atoms with van der Waals surface area (Å²) in [4.78, 5) is 25.0. The van der Waals surface area contributed by atoms with Crippen molar-refractivity contribution in [3.63, 3.8) is 0 Å². The number of hydrogen-bond acceptors (Lipinski definition) is 3. The van der Waals surface area contributed by atoms with Crippen LogP contribution >= 0.6 is 0 Å². The summed E-state index contributed by atoms with van der Waals surface area (Å²) in [6.07, 6.45) is -4.74. The number of likely N-dealkylation sites (N-methyl/N-ethyl adjacent to an activating group) is 1. The molecule has 134 valence electrons. The first-order valence-corrected chi connectivity index (χ1v) is 7.36. The Morgan fingerprint density at radius 3 is 2.17 bits per heavy atom. The van der Waals surface area contributed by atoms with Gasteiger partial charge >= 0.3 is 6.36 Å². The Labute approximate surface area is 138 Å². The normalized spacial score (nSPS) is 12.7. The van der Waals surface area contributed by atoms with Crippen molar-refractivity contribution in [2.45, 2.75) is 39.7 Å². The lowest BCUT2D eigenvalue weighted by atomic mass is 10.0. The van der Waals surface area contributed by atoms with Gasteiger partial charge < -0.3 is 15.0 Å². The Morgan fingerprint density at radius 1 is 1.21 bits per heavy atom. The number of ether oxygens (including phenoxy) is 1. The van der Waals surface area contributed by atoms with Crippen LogP contribution in [0.2, 0.25) is 0 Å². The van der Waals surface area contributed by atoms with Gasteiger partial charge in [-0.2, -0.15) is 0 Å². The molecule has 0 aromatic heterocycles. The average molecular weight is 346 g/mol. The molecule has 0 aliphatic carbocycles. The van der Waals surface area contributed by atoms with E-state index in [1.807, 2.05) is 13.8 Å². The summed E-state index contributed by atoms with van der Waals surface area (Å²) in [5.41, 5.74) is 0.644. The van der Waals surface area contributed by atoms with Gasteiger partial charge in [-0.05, 0) is 23.6 Å². The van der Waals surface area contributed by atoms with E-state index in [1.165, 1.54) is 36.1 Å². The Hall–Kier alpha value is -2.25. The fraction of sp³-hybridized carbons (Fsp3) is 0.500. The monoisotopic (exact) mass is 346 g/mol. The molecule has 0 saturated carbocycles. The Balaban J connectivity index is 2.73. The Bertz CT molecular complexity index is 571. The van der Waals surface area contributed by atoms with Gasteiger partial charge in [0.25, 0.3) is 0 Å². The van der Waals surface area contributed by atoms with Crippen LogP contribution in [0, 0.1) is 5.92 Å². The van der Waals surface area contributed by atoms with Gasteiger partial charge in [0.15, 0.2) is 0 Å². The van der Waals surface area contributed by atoms with Gasteiger partial charge in [-0.15, -0.1) is 13.2 Å². The fourth-order valence-electron chi connectivity index (χ4n) is 2.12. The number of carbonyl (C=O) groups excluding carboxylic acids is 2. The zero-order chi connectivity index (χ0) is 18.5. The molecule has 1 rings (SSSR count). The number of benzene rings is 1. The largest absolute Gasteiger partial charge is 0.573 e. The zero-order valence-corrected chi connectivity index (χ0v) is 14.0. The topological polar surface area (TPSA) is 58.6 Å². The van der Waals surface area contributed by atoms with Crippen LogP contribution in [0.15, 0.2) is 24.3 Å². The number of halogens is 3. The number of rotatable bonds is 6. The predicted octanol–water partition coefficient (Wildman–Crippen LogP) is 2.70. The second-order valence-corrected chi connectivity index (χ2v) is 5.81. The molecule has 2 amide bonds. The standard InChI is InChI=1S/C16H21F3N2O3/c1-10(2)14(20-11(3)22)15(23)21(4)9-12-5-7-13(8-6-12)24-16(17,18)19/h5-8,10,14H,9H2,1-4H3,(H,20,22)/t14-/m0/s1. The van der Waals surface area contributed by atoms with Gasteiger partial charge in [0.2, 0.25) is 11.8 Å². The molecule has 1 aromatic carbocycles. The van der Waals surface area contributed by atoms with Crippen molar-refractivity contribution in [3.8, 4) is 5.75 Å². The second kappa shape index (κ2) is 8.03. The maximum absolute atomic E-state index is 12.4. The first-order valence-electron chi connectivity index (χ1n) is 7.36. The van der Waals surface area contributed by atoms with Crippen LogP contribution in [0.3, 0.4) is 0 Å². The molecule has 5 nitrogen and oxygen atoms in total. The third-order valence-electron chi connectivity index (χ3n) is 3.24. The summed E-state index contributed by atoms with van der Waals surface area (Å²) < 4.78 is 40.1. The predicted molar refractivity (Wildman–Crippen MR) is 82.0 cm³/mol. The van der Waals surface area contributed by atoms with Crippen molar-refractivity contribution in [1.29, 1.82) is 0 Å².